The Labute approximate surface area is 109 Å². The van der Waals surface area contributed by atoms with Gasteiger partial charge in [0, 0.05) is 19.3 Å². The summed E-state index contributed by atoms with van der Waals surface area (Å²) >= 11 is 6.19. The molecule has 1 aromatic rings. The number of pyridine rings is 1. The van der Waals surface area contributed by atoms with Gasteiger partial charge in [0.15, 0.2) is 0 Å². The summed E-state index contributed by atoms with van der Waals surface area (Å²) in [6.07, 6.45) is 2.84. The quantitative estimate of drug-likeness (QED) is 0.850. The van der Waals surface area contributed by atoms with Crippen LogP contribution < -0.4 is 10.6 Å². The summed E-state index contributed by atoms with van der Waals surface area (Å²) in [7, 11) is 0. The maximum absolute atomic E-state index is 6.19. The van der Waals surface area contributed by atoms with E-state index in [0.717, 1.165) is 25.3 Å². The molecule has 1 rings (SSSR count). The maximum Gasteiger partial charge on any atom is 0.147 e. The van der Waals surface area contributed by atoms with E-state index in [0.29, 0.717) is 11.6 Å². The Balaban J connectivity index is 2.90. The van der Waals surface area contributed by atoms with E-state index in [9.17, 15) is 0 Å². The molecule has 0 bridgehead atoms. The van der Waals surface area contributed by atoms with Gasteiger partial charge in [0.2, 0.25) is 0 Å². The van der Waals surface area contributed by atoms with Gasteiger partial charge in [-0.15, -0.1) is 0 Å². The molecular weight excluding hydrogens is 234 g/mol. The molecule has 3 nitrogen and oxygen atoms in total. The van der Waals surface area contributed by atoms with E-state index < -0.39 is 0 Å². The molecule has 1 heterocycles. The molecule has 0 aliphatic heterocycles. The summed E-state index contributed by atoms with van der Waals surface area (Å²) in [5.41, 5.74) is 5.85. The predicted octanol–water partition coefficient (Wildman–Crippen LogP) is 2.94. The van der Waals surface area contributed by atoms with Gasteiger partial charge < -0.3 is 10.6 Å². The molecule has 96 valence electrons. The van der Waals surface area contributed by atoms with Crippen molar-refractivity contribution in [2.24, 2.45) is 11.1 Å². The summed E-state index contributed by atoms with van der Waals surface area (Å²) in [5.74, 6) is 0.859. The highest BCUT2D eigenvalue weighted by atomic mass is 35.5. The SMILES string of the molecule is CCCN(CC(C)(C)CN)c1ncccc1Cl. The molecule has 0 fully saturated rings. The minimum Gasteiger partial charge on any atom is -0.355 e. The van der Waals surface area contributed by atoms with Crippen molar-refractivity contribution in [1.29, 1.82) is 0 Å². The van der Waals surface area contributed by atoms with Crippen molar-refractivity contribution in [3.05, 3.63) is 23.4 Å². The molecule has 17 heavy (non-hydrogen) atoms. The largest absolute Gasteiger partial charge is 0.355 e. The second kappa shape index (κ2) is 6.22. The van der Waals surface area contributed by atoms with Crippen molar-refractivity contribution < 1.29 is 0 Å². The van der Waals surface area contributed by atoms with Gasteiger partial charge in [-0.2, -0.15) is 0 Å². The topological polar surface area (TPSA) is 42.1 Å². The van der Waals surface area contributed by atoms with Gasteiger partial charge in [-0.25, -0.2) is 4.98 Å². The standard InChI is InChI=1S/C13H22ClN3/c1-4-8-17(10-13(2,3)9-15)12-11(14)6-5-7-16-12/h5-7H,4,8-10,15H2,1-3H3. The van der Waals surface area contributed by atoms with Crippen LogP contribution in [-0.2, 0) is 0 Å². The van der Waals surface area contributed by atoms with E-state index in [4.69, 9.17) is 17.3 Å². The smallest absolute Gasteiger partial charge is 0.147 e. The fourth-order valence-electron chi connectivity index (χ4n) is 1.72. The Morgan fingerprint density at radius 2 is 2.18 bits per heavy atom. The molecule has 0 aliphatic carbocycles. The summed E-state index contributed by atoms with van der Waals surface area (Å²) in [6.45, 7) is 8.93. The Hall–Kier alpha value is -0.800. The van der Waals surface area contributed by atoms with E-state index in [1.54, 1.807) is 6.20 Å². The molecule has 2 N–H and O–H groups in total. The van der Waals surface area contributed by atoms with Crippen LogP contribution in [0.25, 0.3) is 0 Å². The Kier molecular flexibility index (Phi) is 5.22. The van der Waals surface area contributed by atoms with Crippen molar-refractivity contribution in [3.8, 4) is 0 Å². The lowest BCUT2D eigenvalue weighted by Gasteiger charge is -2.32. The van der Waals surface area contributed by atoms with Crippen molar-refractivity contribution >= 4 is 17.4 Å². The van der Waals surface area contributed by atoms with Crippen LogP contribution in [0.4, 0.5) is 5.82 Å². The molecular formula is C13H22ClN3. The fourth-order valence-corrected chi connectivity index (χ4v) is 1.96. The average Bonchev–Trinajstić information content (AvgIpc) is 2.29. The summed E-state index contributed by atoms with van der Waals surface area (Å²) in [5, 5.41) is 0.703. The lowest BCUT2D eigenvalue weighted by atomic mass is 9.93. The monoisotopic (exact) mass is 255 g/mol. The minimum atomic E-state index is 0.0655. The number of aromatic nitrogens is 1. The first kappa shape index (κ1) is 14.3. The lowest BCUT2D eigenvalue weighted by Crippen LogP contribution is -2.39. The number of anilines is 1. The van der Waals surface area contributed by atoms with Gasteiger partial charge in [-0.3, -0.25) is 0 Å². The highest BCUT2D eigenvalue weighted by Crippen LogP contribution is 2.26. The van der Waals surface area contributed by atoms with Crippen LogP contribution in [0.5, 0.6) is 0 Å². The Morgan fingerprint density at radius 3 is 2.71 bits per heavy atom. The third kappa shape index (κ3) is 4.17. The van der Waals surface area contributed by atoms with Crippen LogP contribution in [0.1, 0.15) is 27.2 Å². The summed E-state index contributed by atoms with van der Waals surface area (Å²) in [6, 6.07) is 3.73. The molecule has 0 saturated carbocycles. The first-order valence-electron chi connectivity index (χ1n) is 6.05. The molecule has 0 atom stereocenters. The molecule has 1 aromatic heterocycles. The lowest BCUT2D eigenvalue weighted by molar-refractivity contribution is 0.376. The first-order valence-corrected chi connectivity index (χ1v) is 6.43. The molecule has 0 unspecified atom stereocenters. The summed E-state index contributed by atoms with van der Waals surface area (Å²) in [4.78, 5) is 6.59. The highest BCUT2D eigenvalue weighted by molar-refractivity contribution is 6.32. The van der Waals surface area contributed by atoms with Crippen molar-refractivity contribution in [3.63, 3.8) is 0 Å². The van der Waals surface area contributed by atoms with E-state index in [2.05, 4.69) is 30.7 Å². The molecule has 0 radical (unpaired) electrons. The van der Waals surface area contributed by atoms with E-state index >= 15 is 0 Å². The van der Waals surface area contributed by atoms with Gasteiger partial charge >= 0.3 is 0 Å². The van der Waals surface area contributed by atoms with Crippen LogP contribution in [0.15, 0.2) is 18.3 Å². The molecule has 0 saturated heterocycles. The number of hydrogen-bond acceptors (Lipinski definition) is 3. The zero-order chi connectivity index (χ0) is 12.9. The van der Waals surface area contributed by atoms with Crippen LogP contribution in [-0.4, -0.2) is 24.6 Å². The van der Waals surface area contributed by atoms with Gasteiger partial charge in [0.25, 0.3) is 0 Å². The van der Waals surface area contributed by atoms with Gasteiger partial charge in [0.05, 0.1) is 5.02 Å². The minimum absolute atomic E-state index is 0.0655. The molecule has 0 aromatic carbocycles. The van der Waals surface area contributed by atoms with Crippen LogP contribution in [0.3, 0.4) is 0 Å². The van der Waals surface area contributed by atoms with Crippen molar-refractivity contribution in [1.82, 2.24) is 4.98 Å². The summed E-state index contributed by atoms with van der Waals surface area (Å²) < 4.78 is 0. The Bertz CT molecular complexity index is 352. The van der Waals surface area contributed by atoms with Gasteiger partial charge in [0.1, 0.15) is 5.82 Å². The number of nitrogens with two attached hydrogens (primary N) is 1. The van der Waals surface area contributed by atoms with Crippen LogP contribution >= 0.6 is 11.6 Å². The van der Waals surface area contributed by atoms with E-state index in [1.807, 2.05) is 12.1 Å². The second-order valence-electron chi connectivity index (χ2n) is 5.10. The van der Waals surface area contributed by atoms with Crippen molar-refractivity contribution in [2.45, 2.75) is 27.2 Å². The Morgan fingerprint density at radius 1 is 1.47 bits per heavy atom. The number of nitrogens with zero attached hydrogens (tertiary/aromatic N) is 2. The second-order valence-corrected chi connectivity index (χ2v) is 5.51. The average molecular weight is 256 g/mol. The highest BCUT2D eigenvalue weighted by Gasteiger charge is 2.21. The van der Waals surface area contributed by atoms with E-state index in [-0.39, 0.29) is 5.41 Å². The van der Waals surface area contributed by atoms with Crippen molar-refractivity contribution in [2.75, 3.05) is 24.5 Å². The number of rotatable bonds is 6. The third-order valence-corrected chi connectivity index (χ3v) is 3.00. The zero-order valence-corrected chi connectivity index (χ0v) is 11.7. The number of hydrogen-bond donors (Lipinski definition) is 1. The van der Waals surface area contributed by atoms with Gasteiger partial charge in [-0.05, 0) is 30.5 Å². The maximum atomic E-state index is 6.19. The zero-order valence-electron chi connectivity index (χ0n) is 10.9. The molecule has 0 aliphatic rings. The fraction of sp³-hybridized carbons (Fsp3) is 0.615. The van der Waals surface area contributed by atoms with Crippen LogP contribution in [0, 0.1) is 5.41 Å². The molecule has 0 amide bonds. The predicted molar refractivity (Wildman–Crippen MR) is 74.6 cm³/mol. The normalized spacial score (nSPS) is 11.6. The molecule has 4 heteroatoms. The third-order valence-electron chi connectivity index (χ3n) is 2.70. The van der Waals surface area contributed by atoms with E-state index in [1.165, 1.54) is 0 Å². The van der Waals surface area contributed by atoms with Gasteiger partial charge in [-0.1, -0.05) is 32.4 Å². The number of halogens is 1. The first-order chi connectivity index (χ1) is 8.00. The van der Waals surface area contributed by atoms with Crippen LogP contribution in [0.2, 0.25) is 5.02 Å². The molecule has 0 spiro atoms.